The molecule has 0 saturated carbocycles. The molecule has 1 saturated heterocycles. The van der Waals surface area contributed by atoms with Gasteiger partial charge in [0, 0.05) is 38.9 Å². The summed E-state index contributed by atoms with van der Waals surface area (Å²) in [6.07, 6.45) is 0. The molecule has 1 aromatic carbocycles. The van der Waals surface area contributed by atoms with Crippen molar-refractivity contribution < 1.29 is 9.59 Å². The highest BCUT2D eigenvalue weighted by Crippen LogP contribution is 2.19. The molecule has 114 valence electrons. The van der Waals surface area contributed by atoms with Crippen molar-refractivity contribution in [2.75, 3.05) is 45.5 Å². The largest absolute Gasteiger partial charge is 0.398 e. The summed E-state index contributed by atoms with van der Waals surface area (Å²) < 4.78 is 0. The molecule has 0 unspecified atom stereocenters. The number of nitrogens with two attached hydrogens (primary N) is 1. The van der Waals surface area contributed by atoms with Crippen LogP contribution in [0.25, 0.3) is 0 Å². The molecule has 21 heavy (non-hydrogen) atoms. The minimum Gasteiger partial charge on any atom is -0.398 e. The number of amides is 2. The highest BCUT2D eigenvalue weighted by molar-refractivity contribution is 5.99. The van der Waals surface area contributed by atoms with Crippen LogP contribution in [0.1, 0.15) is 15.9 Å². The van der Waals surface area contributed by atoms with Gasteiger partial charge in [-0.1, -0.05) is 12.1 Å². The Kier molecular flexibility index (Phi) is 4.80. The average Bonchev–Trinajstić information content (AvgIpc) is 2.50. The number of piperazine rings is 1. The van der Waals surface area contributed by atoms with Gasteiger partial charge in [-0.05, 0) is 18.6 Å². The lowest BCUT2D eigenvalue weighted by Crippen LogP contribution is -2.51. The molecule has 3 N–H and O–H groups in total. The molecular formula is C15H22N4O2. The fraction of sp³-hybridized carbons (Fsp3) is 0.467. The van der Waals surface area contributed by atoms with E-state index in [0.717, 1.165) is 5.56 Å². The molecule has 1 aliphatic heterocycles. The van der Waals surface area contributed by atoms with Gasteiger partial charge in [0.2, 0.25) is 5.91 Å². The number of carbonyl (C=O) groups is 2. The topological polar surface area (TPSA) is 78.7 Å². The van der Waals surface area contributed by atoms with Crippen LogP contribution in [0.15, 0.2) is 18.2 Å². The maximum atomic E-state index is 12.5. The Hall–Kier alpha value is -2.08. The van der Waals surface area contributed by atoms with E-state index in [0.29, 0.717) is 44.0 Å². The number of rotatable bonds is 3. The van der Waals surface area contributed by atoms with Crippen molar-refractivity contribution in [1.29, 1.82) is 0 Å². The number of hydrogen-bond donors (Lipinski definition) is 2. The number of nitrogen functional groups attached to an aromatic ring is 1. The lowest BCUT2D eigenvalue weighted by Gasteiger charge is -2.34. The number of likely N-dealkylation sites (N-methyl/N-ethyl adjacent to an activating group) is 1. The van der Waals surface area contributed by atoms with Crippen LogP contribution in [0.4, 0.5) is 5.69 Å². The lowest BCUT2D eigenvalue weighted by molar-refractivity contribution is -0.122. The Morgan fingerprint density at radius 1 is 1.24 bits per heavy atom. The van der Waals surface area contributed by atoms with Gasteiger partial charge in [-0.25, -0.2) is 0 Å². The molecule has 0 spiro atoms. The summed E-state index contributed by atoms with van der Waals surface area (Å²) in [5.74, 6) is -0.0338. The quantitative estimate of drug-likeness (QED) is 0.773. The van der Waals surface area contributed by atoms with Crippen molar-refractivity contribution in [3.63, 3.8) is 0 Å². The van der Waals surface area contributed by atoms with E-state index in [1.165, 1.54) is 0 Å². The van der Waals surface area contributed by atoms with Crippen LogP contribution in [0.2, 0.25) is 0 Å². The van der Waals surface area contributed by atoms with Gasteiger partial charge in [0.25, 0.3) is 5.91 Å². The van der Waals surface area contributed by atoms with Gasteiger partial charge in [0.15, 0.2) is 0 Å². The number of nitrogens with zero attached hydrogens (tertiary/aromatic N) is 2. The third-order valence-corrected chi connectivity index (χ3v) is 3.86. The van der Waals surface area contributed by atoms with E-state index >= 15 is 0 Å². The Bertz CT molecular complexity index is 536. The van der Waals surface area contributed by atoms with Gasteiger partial charge < -0.3 is 16.0 Å². The Morgan fingerprint density at radius 3 is 2.52 bits per heavy atom. The Balaban J connectivity index is 1.97. The smallest absolute Gasteiger partial charge is 0.256 e. The molecule has 0 bridgehead atoms. The van der Waals surface area contributed by atoms with Gasteiger partial charge in [0.1, 0.15) is 0 Å². The van der Waals surface area contributed by atoms with Crippen LogP contribution in [-0.2, 0) is 4.79 Å². The highest BCUT2D eigenvalue weighted by Gasteiger charge is 2.24. The van der Waals surface area contributed by atoms with Crippen molar-refractivity contribution in [2.24, 2.45) is 0 Å². The third kappa shape index (κ3) is 3.52. The maximum Gasteiger partial charge on any atom is 0.256 e. The number of anilines is 1. The number of benzene rings is 1. The summed E-state index contributed by atoms with van der Waals surface area (Å²) in [4.78, 5) is 27.7. The predicted molar refractivity (Wildman–Crippen MR) is 82.0 cm³/mol. The molecule has 1 aromatic rings. The van der Waals surface area contributed by atoms with Crippen molar-refractivity contribution >= 4 is 17.5 Å². The molecule has 6 nitrogen and oxygen atoms in total. The summed E-state index contributed by atoms with van der Waals surface area (Å²) in [5, 5.41) is 2.61. The first-order valence-electron chi connectivity index (χ1n) is 7.10. The molecule has 0 atom stereocenters. The zero-order valence-corrected chi connectivity index (χ0v) is 12.6. The molecule has 6 heteroatoms. The second-order valence-corrected chi connectivity index (χ2v) is 5.28. The molecule has 2 amide bonds. The molecule has 0 radical (unpaired) electrons. The zero-order chi connectivity index (χ0) is 15.4. The second-order valence-electron chi connectivity index (χ2n) is 5.28. The molecule has 0 aliphatic carbocycles. The number of carbonyl (C=O) groups excluding carboxylic acids is 2. The van der Waals surface area contributed by atoms with Gasteiger partial charge >= 0.3 is 0 Å². The standard InChI is InChI=1S/C15H22N4O2/c1-11-4-3-5-12(14(11)16)15(21)19-8-6-18(7-9-19)10-13(20)17-2/h3-5H,6-10,16H2,1-2H3,(H,17,20). The number of aryl methyl sites for hydroxylation is 1. The third-order valence-electron chi connectivity index (χ3n) is 3.86. The van der Waals surface area contributed by atoms with Gasteiger partial charge in [-0.2, -0.15) is 0 Å². The fourth-order valence-corrected chi connectivity index (χ4v) is 2.43. The van der Waals surface area contributed by atoms with E-state index in [1.807, 2.05) is 24.0 Å². The van der Waals surface area contributed by atoms with E-state index in [1.54, 1.807) is 18.0 Å². The second kappa shape index (κ2) is 6.58. The lowest BCUT2D eigenvalue weighted by atomic mass is 10.1. The Labute approximate surface area is 124 Å². The van der Waals surface area contributed by atoms with Gasteiger partial charge in [0.05, 0.1) is 12.1 Å². The fourth-order valence-electron chi connectivity index (χ4n) is 2.43. The molecule has 1 aliphatic rings. The highest BCUT2D eigenvalue weighted by atomic mass is 16.2. The maximum absolute atomic E-state index is 12.5. The number of hydrogen-bond acceptors (Lipinski definition) is 4. The first-order chi connectivity index (χ1) is 10.0. The number of nitrogens with one attached hydrogen (secondary N) is 1. The van der Waals surface area contributed by atoms with Crippen molar-refractivity contribution in [3.05, 3.63) is 29.3 Å². The summed E-state index contributed by atoms with van der Waals surface area (Å²) in [7, 11) is 1.63. The molecule has 1 fully saturated rings. The molecule has 2 rings (SSSR count). The monoisotopic (exact) mass is 290 g/mol. The van der Waals surface area contributed by atoms with Crippen molar-refractivity contribution in [1.82, 2.24) is 15.1 Å². The normalized spacial score (nSPS) is 15.8. The molecule has 1 heterocycles. The minimum absolute atomic E-state index is 0.00212. The predicted octanol–water partition coefficient (Wildman–Crippen LogP) is 0.0810. The van der Waals surface area contributed by atoms with Crippen molar-refractivity contribution in [3.8, 4) is 0 Å². The summed E-state index contributed by atoms with van der Waals surface area (Å²) in [6.45, 7) is 4.90. The van der Waals surface area contributed by atoms with E-state index < -0.39 is 0 Å². The SMILES string of the molecule is CNC(=O)CN1CCN(C(=O)c2cccc(C)c2N)CC1. The first-order valence-corrected chi connectivity index (χ1v) is 7.10. The van der Waals surface area contributed by atoms with E-state index in [2.05, 4.69) is 5.32 Å². The van der Waals surface area contributed by atoms with Crippen LogP contribution in [0, 0.1) is 6.92 Å². The van der Waals surface area contributed by atoms with Crippen LogP contribution in [-0.4, -0.2) is 61.4 Å². The summed E-state index contributed by atoms with van der Waals surface area (Å²) in [6, 6.07) is 5.51. The van der Waals surface area contributed by atoms with Gasteiger partial charge in [-0.15, -0.1) is 0 Å². The van der Waals surface area contributed by atoms with E-state index in [9.17, 15) is 9.59 Å². The van der Waals surface area contributed by atoms with Crippen LogP contribution >= 0.6 is 0 Å². The first kappa shape index (κ1) is 15.3. The zero-order valence-electron chi connectivity index (χ0n) is 12.6. The summed E-state index contributed by atoms with van der Waals surface area (Å²) in [5.41, 5.74) is 8.02. The van der Waals surface area contributed by atoms with E-state index in [-0.39, 0.29) is 11.8 Å². The van der Waals surface area contributed by atoms with Crippen LogP contribution in [0.3, 0.4) is 0 Å². The summed E-state index contributed by atoms with van der Waals surface area (Å²) >= 11 is 0. The molecular weight excluding hydrogens is 268 g/mol. The van der Waals surface area contributed by atoms with Crippen molar-refractivity contribution in [2.45, 2.75) is 6.92 Å². The van der Waals surface area contributed by atoms with Crippen LogP contribution in [0.5, 0.6) is 0 Å². The van der Waals surface area contributed by atoms with Gasteiger partial charge in [-0.3, -0.25) is 14.5 Å². The Morgan fingerprint density at radius 2 is 1.90 bits per heavy atom. The van der Waals surface area contributed by atoms with E-state index in [4.69, 9.17) is 5.73 Å². The number of para-hydroxylation sites is 1. The minimum atomic E-state index is -0.0317. The van der Waals surface area contributed by atoms with Crippen LogP contribution < -0.4 is 11.1 Å². The average molecular weight is 290 g/mol. The molecule has 0 aromatic heterocycles.